The minimum absolute atomic E-state index is 0. The van der Waals surface area contributed by atoms with Gasteiger partial charge in [-0.1, -0.05) is 30.3 Å². The first kappa shape index (κ1) is 19.8. The van der Waals surface area contributed by atoms with Crippen LogP contribution in [-0.4, -0.2) is 37.3 Å². The van der Waals surface area contributed by atoms with Crippen LogP contribution in [0.3, 0.4) is 0 Å². The third-order valence-corrected chi connectivity index (χ3v) is 7.62. The molecule has 0 aliphatic carbocycles. The van der Waals surface area contributed by atoms with Crippen molar-refractivity contribution in [3.63, 3.8) is 0 Å². The Morgan fingerprint density at radius 2 is 1.88 bits per heavy atom. The SMILES string of the molecule is Cl.NC[C@@H]1CN(S(=O)(=O)c2ccc([N+](=O)[O-])s2)C[C@H]1c1ccccc1. The van der Waals surface area contributed by atoms with Crippen molar-refractivity contribution in [1.82, 2.24) is 4.31 Å². The molecule has 0 radical (unpaired) electrons. The molecular formula is C15H18ClN3O4S2. The number of rotatable bonds is 5. The highest BCUT2D eigenvalue weighted by molar-refractivity contribution is 7.91. The molecule has 1 aromatic heterocycles. The molecule has 25 heavy (non-hydrogen) atoms. The Morgan fingerprint density at radius 1 is 1.20 bits per heavy atom. The van der Waals surface area contributed by atoms with Crippen molar-refractivity contribution in [2.45, 2.75) is 10.1 Å². The molecule has 0 spiro atoms. The van der Waals surface area contributed by atoms with Crippen LogP contribution in [0, 0.1) is 16.0 Å². The van der Waals surface area contributed by atoms with Gasteiger partial charge in [-0.25, -0.2) is 8.42 Å². The number of thiophene rings is 1. The Hall–Kier alpha value is -1.52. The van der Waals surface area contributed by atoms with Gasteiger partial charge in [-0.15, -0.1) is 12.4 Å². The fourth-order valence-electron chi connectivity index (χ4n) is 3.02. The largest absolute Gasteiger partial charge is 0.330 e. The lowest BCUT2D eigenvalue weighted by molar-refractivity contribution is -0.380. The summed E-state index contributed by atoms with van der Waals surface area (Å²) in [5, 5.41) is 10.6. The summed E-state index contributed by atoms with van der Waals surface area (Å²) in [7, 11) is -3.74. The van der Waals surface area contributed by atoms with Gasteiger partial charge in [0.15, 0.2) is 0 Å². The quantitative estimate of drug-likeness (QED) is 0.609. The second-order valence-corrected chi connectivity index (χ2v) is 8.91. The van der Waals surface area contributed by atoms with Crippen molar-refractivity contribution in [1.29, 1.82) is 0 Å². The Morgan fingerprint density at radius 3 is 2.44 bits per heavy atom. The molecule has 0 saturated carbocycles. The molecule has 2 N–H and O–H groups in total. The molecule has 1 aliphatic rings. The Kier molecular flexibility index (Phi) is 6.17. The van der Waals surface area contributed by atoms with Crippen LogP contribution in [0.4, 0.5) is 5.00 Å². The van der Waals surface area contributed by atoms with E-state index in [9.17, 15) is 18.5 Å². The Balaban J connectivity index is 0.00000225. The summed E-state index contributed by atoms with van der Waals surface area (Å²) in [6.07, 6.45) is 0. The highest BCUT2D eigenvalue weighted by atomic mass is 35.5. The van der Waals surface area contributed by atoms with E-state index >= 15 is 0 Å². The predicted molar refractivity (Wildman–Crippen MR) is 98.7 cm³/mol. The van der Waals surface area contributed by atoms with E-state index in [1.54, 1.807) is 0 Å². The zero-order valence-corrected chi connectivity index (χ0v) is 15.6. The van der Waals surface area contributed by atoms with E-state index in [0.717, 1.165) is 5.56 Å². The lowest BCUT2D eigenvalue weighted by Gasteiger charge is -2.16. The molecule has 2 aromatic rings. The average Bonchev–Trinajstić information content (AvgIpc) is 3.23. The first-order valence-corrected chi connectivity index (χ1v) is 9.68. The van der Waals surface area contributed by atoms with Crippen LogP contribution in [0.25, 0.3) is 0 Å². The summed E-state index contributed by atoms with van der Waals surface area (Å²) < 4.78 is 26.9. The van der Waals surface area contributed by atoms with Gasteiger partial charge in [0.1, 0.15) is 4.21 Å². The van der Waals surface area contributed by atoms with Crippen molar-refractivity contribution >= 4 is 38.8 Å². The number of nitro groups is 1. The van der Waals surface area contributed by atoms with Crippen molar-refractivity contribution in [3.05, 3.63) is 58.1 Å². The van der Waals surface area contributed by atoms with Gasteiger partial charge in [-0.2, -0.15) is 4.31 Å². The zero-order chi connectivity index (χ0) is 17.3. The van der Waals surface area contributed by atoms with E-state index < -0.39 is 14.9 Å². The lowest BCUT2D eigenvalue weighted by Crippen LogP contribution is -2.29. The van der Waals surface area contributed by atoms with E-state index in [-0.39, 0.29) is 33.5 Å². The number of hydrogen-bond acceptors (Lipinski definition) is 6. The number of sulfonamides is 1. The van der Waals surface area contributed by atoms with Crippen LogP contribution in [0.2, 0.25) is 0 Å². The molecule has 2 heterocycles. The van der Waals surface area contributed by atoms with Gasteiger partial charge in [0, 0.05) is 25.1 Å². The number of benzene rings is 1. The second-order valence-electron chi connectivity index (χ2n) is 5.68. The molecule has 10 heteroatoms. The summed E-state index contributed by atoms with van der Waals surface area (Å²) >= 11 is 0.681. The molecule has 0 unspecified atom stereocenters. The average molecular weight is 404 g/mol. The number of halogens is 1. The number of hydrogen-bond donors (Lipinski definition) is 1. The fourth-order valence-corrected chi connectivity index (χ4v) is 5.80. The fraction of sp³-hybridized carbons (Fsp3) is 0.333. The summed E-state index contributed by atoms with van der Waals surface area (Å²) in [6, 6.07) is 12.2. The van der Waals surface area contributed by atoms with E-state index in [1.165, 1.54) is 16.4 Å². The maximum atomic E-state index is 12.8. The molecule has 1 aliphatic heterocycles. The molecule has 1 saturated heterocycles. The maximum Gasteiger partial charge on any atom is 0.325 e. The van der Waals surface area contributed by atoms with Crippen LogP contribution in [0.1, 0.15) is 11.5 Å². The molecule has 136 valence electrons. The minimum Gasteiger partial charge on any atom is -0.330 e. The summed E-state index contributed by atoms with van der Waals surface area (Å²) in [4.78, 5) is 10.2. The van der Waals surface area contributed by atoms with Gasteiger partial charge in [0.05, 0.1) is 4.92 Å². The first-order chi connectivity index (χ1) is 11.4. The summed E-state index contributed by atoms with van der Waals surface area (Å²) in [5.41, 5.74) is 6.90. The molecule has 1 fully saturated rings. The standard InChI is InChI=1S/C15H17N3O4S2.ClH/c16-8-12-9-17(10-13(12)11-4-2-1-3-5-11)24(21,22)15-7-6-14(23-15)18(19)20;/h1-7,12-13H,8-10,16H2;1H/t12-,13+;/m1./s1. The normalized spacial score (nSPS) is 21.0. The second kappa shape index (κ2) is 7.79. The van der Waals surface area contributed by atoms with Crippen LogP contribution in [0.15, 0.2) is 46.7 Å². The molecular weight excluding hydrogens is 386 g/mol. The molecule has 3 rings (SSSR count). The number of nitrogens with zero attached hydrogens (tertiary/aromatic N) is 2. The van der Waals surface area contributed by atoms with E-state index in [2.05, 4.69) is 0 Å². The van der Waals surface area contributed by atoms with Gasteiger partial charge < -0.3 is 5.73 Å². The van der Waals surface area contributed by atoms with E-state index in [0.29, 0.717) is 31.0 Å². The topological polar surface area (TPSA) is 107 Å². The van der Waals surface area contributed by atoms with E-state index in [4.69, 9.17) is 5.73 Å². The van der Waals surface area contributed by atoms with Crippen LogP contribution in [0.5, 0.6) is 0 Å². The lowest BCUT2D eigenvalue weighted by atomic mass is 9.89. The Bertz CT molecular complexity index is 841. The highest BCUT2D eigenvalue weighted by Crippen LogP contribution is 2.37. The van der Waals surface area contributed by atoms with Gasteiger partial charge in [0.2, 0.25) is 0 Å². The molecule has 2 atom stereocenters. The van der Waals surface area contributed by atoms with Gasteiger partial charge in [-0.05, 0) is 35.4 Å². The minimum atomic E-state index is -3.74. The van der Waals surface area contributed by atoms with Gasteiger partial charge >= 0.3 is 5.00 Å². The smallest absolute Gasteiger partial charge is 0.325 e. The van der Waals surface area contributed by atoms with Crippen molar-refractivity contribution < 1.29 is 13.3 Å². The third kappa shape index (κ3) is 3.85. The molecule has 1 aromatic carbocycles. The monoisotopic (exact) mass is 403 g/mol. The predicted octanol–water partition coefficient (Wildman–Crippen LogP) is 2.44. The molecule has 0 amide bonds. The number of nitrogens with two attached hydrogens (primary N) is 1. The van der Waals surface area contributed by atoms with Crippen molar-refractivity contribution in [3.8, 4) is 0 Å². The van der Waals surface area contributed by atoms with Crippen LogP contribution >= 0.6 is 23.7 Å². The van der Waals surface area contributed by atoms with Crippen molar-refractivity contribution in [2.24, 2.45) is 11.7 Å². The zero-order valence-electron chi connectivity index (χ0n) is 13.1. The van der Waals surface area contributed by atoms with Gasteiger partial charge in [0.25, 0.3) is 10.0 Å². The van der Waals surface area contributed by atoms with Crippen molar-refractivity contribution in [2.75, 3.05) is 19.6 Å². The molecule has 7 nitrogen and oxygen atoms in total. The third-order valence-electron chi connectivity index (χ3n) is 4.28. The molecule has 0 bridgehead atoms. The van der Waals surface area contributed by atoms with Crippen LogP contribution in [-0.2, 0) is 10.0 Å². The van der Waals surface area contributed by atoms with Crippen LogP contribution < -0.4 is 5.73 Å². The van der Waals surface area contributed by atoms with Gasteiger partial charge in [-0.3, -0.25) is 10.1 Å². The first-order valence-electron chi connectivity index (χ1n) is 7.43. The summed E-state index contributed by atoms with van der Waals surface area (Å²) in [6.45, 7) is 1.04. The van der Waals surface area contributed by atoms with E-state index in [1.807, 2.05) is 30.3 Å². The summed E-state index contributed by atoms with van der Waals surface area (Å²) in [5.74, 6) is 0.0537. The highest BCUT2D eigenvalue weighted by Gasteiger charge is 2.40. The maximum absolute atomic E-state index is 12.8. The Labute approximate surface area is 156 Å².